The van der Waals surface area contributed by atoms with Crippen LogP contribution in [0, 0.1) is 0 Å². The van der Waals surface area contributed by atoms with Crippen molar-refractivity contribution in [1.82, 2.24) is 19.3 Å². The second-order valence-electron chi connectivity index (χ2n) is 8.44. The summed E-state index contributed by atoms with van der Waals surface area (Å²) in [6.07, 6.45) is 2.07. The molecule has 0 spiro atoms. The van der Waals surface area contributed by atoms with Gasteiger partial charge in [0.15, 0.2) is 5.82 Å². The van der Waals surface area contributed by atoms with Crippen molar-refractivity contribution < 1.29 is 0 Å². The fourth-order valence-corrected chi connectivity index (χ4v) is 4.87. The van der Waals surface area contributed by atoms with Crippen LogP contribution in [0.2, 0.25) is 0 Å². The molecular formula is C30H20N4. The molecule has 0 fully saturated rings. The van der Waals surface area contributed by atoms with E-state index in [1.807, 2.05) is 42.5 Å². The van der Waals surface area contributed by atoms with E-state index < -0.39 is 0 Å². The lowest BCUT2D eigenvalue weighted by Gasteiger charge is -2.08. The molecule has 0 aliphatic heterocycles. The average molecular weight is 437 g/mol. The van der Waals surface area contributed by atoms with Gasteiger partial charge in [0.2, 0.25) is 0 Å². The van der Waals surface area contributed by atoms with Crippen LogP contribution in [0.25, 0.3) is 55.5 Å². The molecule has 0 unspecified atom stereocenters. The quantitative estimate of drug-likeness (QED) is 0.294. The first-order valence-corrected chi connectivity index (χ1v) is 11.4. The molecule has 7 aromatic rings. The number of rotatable bonds is 3. The van der Waals surface area contributed by atoms with Crippen LogP contribution in [0.15, 0.2) is 121 Å². The summed E-state index contributed by atoms with van der Waals surface area (Å²) < 4.78 is 4.46. The molecule has 3 heterocycles. The molecule has 0 aliphatic rings. The molecule has 34 heavy (non-hydrogen) atoms. The van der Waals surface area contributed by atoms with E-state index >= 15 is 0 Å². The predicted octanol–water partition coefficient (Wildman–Crippen LogP) is 7.18. The number of benzene rings is 4. The summed E-state index contributed by atoms with van der Waals surface area (Å²) in [5.74, 6) is 0.806. The third kappa shape index (κ3) is 2.86. The van der Waals surface area contributed by atoms with Gasteiger partial charge in [-0.15, -0.1) is 10.2 Å². The Bertz CT molecular complexity index is 1780. The minimum Gasteiger partial charge on any atom is -0.309 e. The third-order valence-electron chi connectivity index (χ3n) is 6.46. The fourth-order valence-electron chi connectivity index (χ4n) is 4.87. The van der Waals surface area contributed by atoms with Crippen molar-refractivity contribution in [3.8, 4) is 22.8 Å². The van der Waals surface area contributed by atoms with Crippen LogP contribution in [0.5, 0.6) is 0 Å². The van der Waals surface area contributed by atoms with Gasteiger partial charge in [0.1, 0.15) is 0 Å². The van der Waals surface area contributed by atoms with E-state index in [0.717, 1.165) is 28.3 Å². The third-order valence-corrected chi connectivity index (χ3v) is 6.46. The highest BCUT2D eigenvalue weighted by atomic mass is 15.2. The summed E-state index contributed by atoms with van der Waals surface area (Å²) in [6.45, 7) is 0. The van der Waals surface area contributed by atoms with Crippen molar-refractivity contribution in [2.24, 2.45) is 0 Å². The second-order valence-corrected chi connectivity index (χ2v) is 8.44. The number of hydrogen-bond donors (Lipinski definition) is 0. The highest BCUT2D eigenvalue weighted by molar-refractivity contribution is 6.13. The number of nitrogens with zero attached hydrogens (tertiary/aromatic N) is 4. The zero-order valence-corrected chi connectivity index (χ0v) is 18.3. The molecular weight excluding hydrogens is 416 g/mol. The first-order chi connectivity index (χ1) is 16.9. The van der Waals surface area contributed by atoms with Crippen LogP contribution < -0.4 is 0 Å². The molecule has 0 radical (unpaired) electrons. The number of aromatic nitrogens is 4. The van der Waals surface area contributed by atoms with Crippen LogP contribution in [-0.4, -0.2) is 19.3 Å². The Morgan fingerprint density at radius 2 is 1.29 bits per heavy atom. The molecule has 0 N–H and O–H groups in total. The van der Waals surface area contributed by atoms with Gasteiger partial charge >= 0.3 is 0 Å². The van der Waals surface area contributed by atoms with Gasteiger partial charge in [0.05, 0.1) is 22.2 Å². The Labute approximate surface area is 196 Å². The second kappa shape index (κ2) is 7.42. The van der Waals surface area contributed by atoms with E-state index in [4.69, 9.17) is 0 Å². The molecule has 160 valence electrons. The summed E-state index contributed by atoms with van der Waals surface area (Å²) >= 11 is 0. The van der Waals surface area contributed by atoms with Gasteiger partial charge in [-0.3, -0.25) is 4.57 Å². The van der Waals surface area contributed by atoms with Crippen LogP contribution >= 0.6 is 0 Å². The highest BCUT2D eigenvalue weighted by Crippen LogP contribution is 2.35. The number of fused-ring (bicyclic) bond motifs is 4. The minimum absolute atomic E-state index is 0.806. The summed E-state index contributed by atoms with van der Waals surface area (Å²) in [4.78, 5) is 0. The van der Waals surface area contributed by atoms with Crippen molar-refractivity contribution in [1.29, 1.82) is 0 Å². The monoisotopic (exact) mass is 436 g/mol. The topological polar surface area (TPSA) is 35.6 Å². The van der Waals surface area contributed by atoms with Gasteiger partial charge in [-0.1, -0.05) is 66.7 Å². The molecule has 7 rings (SSSR count). The van der Waals surface area contributed by atoms with E-state index in [1.165, 1.54) is 27.2 Å². The van der Waals surface area contributed by atoms with E-state index in [-0.39, 0.29) is 0 Å². The Morgan fingerprint density at radius 1 is 0.529 bits per heavy atom. The summed E-state index contributed by atoms with van der Waals surface area (Å²) in [6, 6.07) is 40.0. The van der Waals surface area contributed by atoms with E-state index in [0.29, 0.717) is 0 Å². The molecule has 3 aromatic heterocycles. The molecule has 0 saturated carbocycles. The summed E-state index contributed by atoms with van der Waals surface area (Å²) in [5.41, 5.74) is 6.61. The van der Waals surface area contributed by atoms with Crippen LogP contribution in [0.1, 0.15) is 0 Å². The van der Waals surface area contributed by atoms with Gasteiger partial charge in [-0.25, -0.2) is 0 Å². The molecule has 0 amide bonds. The SMILES string of the molecule is c1ccc(-c2ccc(-n3ccc4cc5c(cc43)c3ccccc3n5-c3ccccc3)nn2)cc1. The maximum absolute atomic E-state index is 4.55. The molecule has 0 bridgehead atoms. The Kier molecular flexibility index (Phi) is 4.11. The average Bonchev–Trinajstić information content (AvgIpc) is 3.47. The Balaban J connectivity index is 1.43. The smallest absolute Gasteiger partial charge is 0.159 e. The largest absolute Gasteiger partial charge is 0.309 e. The highest BCUT2D eigenvalue weighted by Gasteiger charge is 2.15. The van der Waals surface area contributed by atoms with Gasteiger partial charge < -0.3 is 4.57 Å². The van der Waals surface area contributed by atoms with Crippen LogP contribution in [-0.2, 0) is 0 Å². The van der Waals surface area contributed by atoms with Gasteiger partial charge in [-0.05, 0) is 48.5 Å². The van der Waals surface area contributed by atoms with Crippen molar-refractivity contribution in [3.63, 3.8) is 0 Å². The lowest BCUT2D eigenvalue weighted by Crippen LogP contribution is -1.98. The lowest BCUT2D eigenvalue weighted by atomic mass is 10.1. The zero-order valence-electron chi connectivity index (χ0n) is 18.3. The summed E-state index contributed by atoms with van der Waals surface area (Å²) in [5, 5.41) is 12.7. The molecule has 0 aliphatic carbocycles. The van der Waals surface area contributed by atoms with Crippen LogP contribution in [0.3, 0.4) is 0 Å². The molecule has 0 atom stereocenters. The number of para-hydroxylation sites is 2. The van der Waals surface area contributed by atoms with Crippen molar-refractivity contribution in [3.05, 3.63) is 121 Å². The molecule has 4 heteroatoms. The molecule has 4 nitrogen and oxygen atoms in total. The maximum atomic E-state index is 4.55. The number of hydrogen-bond acceptors (Lipinski definition) is 2. The Hall–Kier alpha value is -4.70. The van der Waals surface area contributed by atoms with Crippen molar-refractivity contribution in [2.45, 2.75) is 0 Å². The van der Waals surface area contributed by atoms with E-state index in [2.05, 4.69) is 98.3 Å². The minimum atomic E-state index is 0.806. The summed E-state index contributed by atoms with van der Waals surface area (Å²) in [7, 11) is 0. The lowest BCUT2D eigenvalue weighted by molar-refractivity contribution is 0.942. The van der Waals surface area contributed by atoms with Gasteiger partial charge in [0, 0.05) is 33.6 Å². The zero-order chi connectivity index (χ0) is 22.5. The predicted molar refractivity (Wildman–Crippen MR) is 139 cm³/mol. The van der Waals surface area contributed by atoms with Crippen molar-refractivity contribution in [2.75, 3.05) is 0 Å². The van der Waals surface area contributed by atoms with E-state index in [9.17, 15) is 0 Å². The first-order valence-electron chi connectivity index (χ1n) is 11.4. The van der Waals surface area contributed by atoms with Gasteiger partial charge in [-0.2, -0.15) is 0 Å². The van der Waals surface area contributed by atoms with E-state index in [1.54, 1.807) is 0 Å². The van der Waals surface area contributed by atoms with Crippen LogP contribution in [0.4, 0.5) is 0 Å². The Morgan fingerprint density at radius 3 is 2.09 bits per heavy atom. The normalized spacial score (nSPS) is 11.5. The van der Waals surface area contributed by atoms with Crippen molar-refractivity contribution >= 4 is 32.7 Å². The molecule has 0 saturated heterocycles. The molecule has 4 aromatic carbocycles. The fraction of sp³-hybridized carbons (Fsp3) is 0. The van der Waals surface area contributed by atoms with Gasteiger partial charge in [0.25, 0.3) is 0 Å². The maximum Gasteiger partial charge on any atom is 0.159 e. The standard InChI is InChI=1S/C30H20N4/c1-3-9-21(10-4-1)26-15-16-30(32-31-26)33-18-17-22-19-29-25(20-28(22)33)24-13-7-8-14-27(24)34(29)23-11-5-2-6-12-23/h1-20H. The first kappa shape index (κ1) is 18.8.